The zero-order valence-corrected chi connectivity index (χ0v) is 32.0. The lowest BCUT2D eigenvalue weighted by Gasteiger charge is -2.25. The number of hydrogen-bond donors (Lipinski definition) is 7. The summed E-state index contributed by atoms with van der Waals surface area (Å²) in [6, 6.07) is 7.41. The molecule has 1 aromatic carbocycles. The highest BCUT2D eigenvalue weighted by Gasteiger charge is 2.28. The zero-order chi connectivity index (χ0) is 38.6. The predicted molar refractivity (Wildman–Crippen MR) is 204 cm³/mol. The third-order valence-corrected chi connectivity index (χ3v) is 9.23. The number of benzene rings is 1. The molecule has 8 N–H and O–H groups in total. The van der Waals surface area contributed by atoms with Gasteiger partial charge in [-0.1, -0.05) is 36.8 Å². The number of nitrogens with one attached hydrogen (secondary N) is 6. The molecule has 0 aliphatic carbocycles. The van der Waals surface area contributed by atoms with Crippen molar-refractivity contribution in [2.24, 2.45) is 5.73 Å². The molecule has 3 atom stereocenters. The monoisotopic (exact) mass is 747 g/mol. The van der Waals surface area contributed by atoms with Crippen molar-refractivity contribution in [2.75, 3.05) is 25.4 Å². The number of amides is 7. The van der Waals surface area contributed by atoms with Gasteiger partial charge in [-0.3, -0.25) is 33.6 Å². The summed E-state index contributed by atoms with van der Waals surface area (Å²) in [5.41, 5.74) is 6.89. The molecule has 0 radical (unpaired) electrons. The minimum absolute atomic E-state index is 0.0287. The normalized spacial score (nSPS) is 12.4. The van der Waals surface area contributed by atoms with Gasteiger partial charge in [-0.2, -0.15) is 11.8 Å². The van der Waals surface area contributed by atoms with E-state index >= 15 is 0 Å². The average Bonchev–Trinajstić information content (AvgIpc) is 3.09. The van der Waals surface area contributed by atoms with Crippen LogP contribution < -0.4 is 37.6 Å². The Labute approximate surface area is 313 Å². The van der Waals surface area contributed by atoms with Crippen LogP contribution in [0.2, 0.25) is 0 Å². The number of carbonyl (C=O) groups excluding carboxylic acids is 7. The van der Waals surface area contributed by atoms with Crippen molar-refractivity contribution in [3.8, 4) is 0 Å². The summed E-state index contributed by atoms with van der Waals surface area (Å²) in [5, 5.41) is 16.3. The summed E-state index contributed by atoms with van der Waals surface area (Å²) < 4.78 is 0. The van der Waals surface area contributed by atoms with E-state index in [1.165, 1.54) is 26.3 Å². The molecule has 15 heteroatoms. The molecule has 0 saturated heterocycles. The van der Waals surface area contributed by atoms with Crippen LogP contribution in [0, 0.1) is 0 Å². The number of rotatable bonds is 29. The van der Waals surface area contributed by atoms with Crippen LogP contribution >= 0.6 is 11.8 Å². The minimum atomic E-state index is -1.03. The molecule has 1 rings (SSSR count). The Morgan fingerprint density at radius 1 is 0.577 bits per heavy atom. The molecule has 1 aromatic rings. The Hall–Kier alpha value is -4.14. The molecule has 0 aromatic heterocycles. The van der Waals surface area contributed by atoms with Gasteiger partial charge in [0, 0.05) is 52.6 Å². The lowest BCUT2D eigenvalue weighted by atomic mass is 10.0. The first-order chi connectivity index (χ1) is 24.9. The van der Waals surface area contributed by atoms with E-state index in [0.717, 1.165) is 30.8 Å². The van der Waals surface area contributed by atoms with Gasteiger partial charge in [0.1, 0.15) is 18.1 Å². The number of hydrogen-bond acceptors (Lipinski definition) is 8. The second-order valence-electron chi connectivity index (χ2n) is 12.9. The quantitative estimate of drug-likeness (QED) is 0.0602. The van der Waals surface area contributed by atoms with Crippen LogP contribution in [-0.2, 0) is 39.3 Å². The Kier molecular flexibility index (Phi) is 25.1. The molecule has 0 aliphatic rings. The molecule has 0 bridgehead atoms. The molecular weight excluding hydrogens is 687 g/mol. The molecule has 52 heavy (non-hydrogen) atoms. The smallest absolute Gasteiger partial charge is 0.243 e. The first kappa shape index (κ1) is 45.9. The highest BCUT2D eigenvalue weighted by atomic mass is 32.2. The second-order valence-corrected chi connectivity index (χ2v) is 14.0. The van der Waals surface area contributed by atoms with E-state index in [1.807, 2.05) is 30.0 Å². The molecule has 0 aliphatic heterocycles. The molecule has 292 valence electrons. The summed E-state index contributed by atoms with van der Waals surface area (Å²) >= 11 is 1.89. The van der Waals surface area contributed by atoms with Crippen molar-refractivity contribution >= 4 is 53.1 Å². The second kappa shape index (κ2) is 28.4. The van der Waals surface area contributed by atoms with E-state index < -0.39 is 41.8 Å². The third-order valence-electron chi connectivity index (χ3n) is 8.12. The summed E-state index contributed by atoms with van der Waals surface area (Å²) in [6.07, 6.45) is 7.30. The highest BCUT2D eigenvalue weighted by Crippen LogP contribution is 2.14. The van der Waals surface area contributed by atoms with E-state index in [4.69, 9.17) is 5.73 Å². The number of unbranched alkanes of at least 4 members (excludes halogenated alkanes) is 5. The average molecular weight is 748 g/mol. The molecule has 0 fully saturated rings. The molecular formula is C37H61N7O7S. The Morgan fingerprint density at radius 2 is 1.08 bits per heavy atom. The first-order valence-corrected chi connectivity index (χ1v) is 19.6. The molecule has 0 heterocycles. The van der Waals surface area contributed by atoms with E-state index in [9.17, 15) is 33.6 Å². The summed E-state index contributed by atoms with van der Waals surface area (Å²) in [4.78, 5) is 85.5. The largest absolute Gasteiger partial charge is 0.368 e. The van der Waals surface area contributed by atoms with Gasteiger partial charge in [-0.05, 0) is 81.9 Å². The lowest BCUT2D eigenvalue weighted by molar-refractivity contribution is -0.133. The topological polar surface area (TPSA) is 218 Å². The SMILES string of the molecule is CC(=O)NCCCC[C@H](NC(=O)[C@H](CCCCNC(=O)CCCCCSCc1ccccc1)NC(=O)[C@H](CCCCNC(C)=O)NC(C)=O)C(N)=O. The molecule has 7 amide bonds. The molecule has 0 saturated carbocycles. The summed E-state index contributed by atoms with van der Waals surface area (Å²) in [5.74, 6) is -0.587. The third kappa shape index (κ3) is 24.1. The van der Waals surface area contributed by atoms with E-state index in [1.54, 1.807) is 0 Å². The van der Waals surface area contributed by atoms with Crippen molar-refractivity contribution in [3.05, 3.63) is 35.9 Å². The maximum absolute atomic E-state index is 13.4. The van der Waals surface area contributed by atoms with Gasteiger partial charge in [-0.15, -0.1) is 0 Å². The fourth-order valence-corrected chi connectivity index (χ4v) is 6.29. The van der Waals surface area contributed by atoms with Crippen LogP contribution in [-0.4, -0.2) is 84.9 Å². The predicted octanol–water partition coefficient (Wildman–Crippen LogP) is 2.34. The van der Waals surface area contributed by atoms with E-state index in [2.05, 4.69) is 44.0 Å². The van der Waals surface area contributed by atoms with E-state index in [0.29, 0.717) is 64.6 Å². The van der Waals surface area contributed by atoms with Crippen LogP contribution in [0.5, 0.6) is 0 Å². The van der Waals surface area contributed by atoms with Crippen molar-refractivity contribution in [1.29, 1.82) is 0 Å². The minimum Gasteiger partial charge on any atom is -0.368 e. The number of thioether (sulfide) groups is 1. The van der Waals surface area contributed by atoms with Gasteiger partial charge < -0.3 is 37.6 Å². The fourth-order valence-electron chi connectivity index (χ4n) is 5.31. The Morgan fingerprint density at radius 3 is 1.60 bits per heavy atom. The van der Waals surface area contributed by atoms with Gasteiger partial charge in [0.05, 0.1) is 0 Å². The number of primary amides is 1. The van der Waals surface area contributed by atoms with Crippen molar-refractivity contribution in [1.82, 2.24) is 31.9 Å². The number of nitrogens with two attached hydrogens (primary N) is 1. The molecule has 0 spiro atoms. The van der Waals surface area contributed by atoms with Crippen LogP contribution in [0.25, 0.3) is 0 Å². The van der Waals surface area contributed by atoms with Gasteiger partial charge >= 0.3 is 0 Å². The van der Waals surface area contributed by atoms with Crippen molar-refractivity contribution in [2.45, 2.75) is 128 Å². The fraction of sp³-hybridized carbons (Fsp3) is 0.649. The van der Waals surface area contributed by atoms with E-state index in [-0.39, 0.29) is 37.0 Å². The van der Waals surface area contributed by atoms with Crippen LogP contribution in [0.15, 0.2) is 30.3 Å². The van der Waals surface area contributed by atoms with Gasteiger partial charge in [0.25, 0.3) is 0 Å². The molecule has 0 unspecified atom stereocenters. The number of carbonyl (C=O) groups is 7. The Bertz CT molecular complexity index is 1250. The maximum Gasteiger partial charge on any atom is 0.243 e. The van der Waals surface area contributed by atoms with Crippen molar-refractivity contribution in [3.63, 3.8) is 0 Å². The summed E-state index contributed by atoms with van der Waals surface area (Å²) in [6.45, 7) is 5.39. The lowest BCUT2D eigenvalue weighted by Crippen LogP contribution is -2.56. The molecule has 14 nitrogen and oxygen atoms in total. The van der Waals surface area contributed by atoms with Crippen LogP contribution in [0.1, 0.15) is 110 Å². The maximum atomic E-state index is 13.4. The van der Waals surface area contributed by atoms with Crippen molar-refractivity contribution < 1.29 is 33.6 Å². The van der Waals surface area contributed by atoms with Gasteiger partial charge in [0.15, 0.2) is 0 Å². The van der Waals surface area contributed by atoms with Gasteiger partial charge in [0.2, 0.25) is 41.4 Å². The van der Waals surface area contributed by atoms with Gasteiger partial charge in [-0.25, -0.2) is 0 Å². The highest BCUT2D eigenvalue weighted by molar-refractivity contribution is 7.98. The first-order valence-electron chi connectivity index (χ1n) is 18.4. The summed E-state index contributed by atoms with van der Waals surface area (Å²) in [7, 11) is 0. The standard InChI is InChI=1S/C37H61N7O7S/c1-27(45)39-22-12-9-18-31(35(38)49)43-37(51)33(44-36(50)32(42-29(3)47)19-10-13-23-40-28(2)46)20-11-14-24-41-34(48)21-8-5-15-25-52-26-30-16-6-4-7-17-30/h4,6-7,16-17,31-33H,5,8-15,18-26H2,1-3H3,(H2,38,49)(H,39,45)(H,40,46)(H,41,48)(H,42,47)(H,43,51)(H,44,50)/t31-,32-,33-/m0/s1. The Balaban J connectivity index is 2.66. The van der Waals surface area contributed by atoms with Crippen LogP contribution in [0.3, 0.4) is 0 Å². The van der Waals surface area contributed by atoms with Crippen LogP contribution in [0.4, 0.5) is 0 Å². The zero-order valence-electron chi connectivity index (χ0n) is 31.2.